The molecule has 6 heteroatoms. The highest BCUT2D eigenvalue weighted by Crippen LogP contribution is 2.13. The average Bonchev–Trinajstić information content (AvgIpc) is 2.66. The molecule has 18 heavy (non-hydrogen) atoms. The lowest BCUT2D eigenvalue weighted by molar-refractivity contribution is -0.143. The molecule has 0 radical (unpaired) electrons. The Bertz CT molecular complexity index is 603. The zero-order chi connectivity index (χ0) is 13.0. The number of carbonyl (C=O) groups is 1. The second kappa shape index (κ2) is 5.77. The predicted octanol–water partition coefficient (Wildman–Crippen LogP) is 2.44. The van der Waals surface area contributed by atoms with Gasteiger partial charge in [-0.05, 0) is 31.6 Å². The third kappa shape index (κ3) is 2.76. The van der Waals surface area contributed by atoms with Crippen molar-refractivity contribution in [2.75, 3.05) is 6.61 Å². The molecule has 0 atom stereocenters. The lowest BCUT2D eigenvalue weighted by atomic mass is 10.3. The number of hydrogen-bond acceptors (Lipinski definition) is 4. The van der Waals surface area contributed by atoms with Crippen LogP contribution in [0.1, 0.15) is 19.8 Å². The van der Waals surface area contributed by atoms with E-state index in [0.717, 1.165) is 11.0 Å². The highest BCUT2D eigenvalue weighted by atomic mass is 32.1. The number of ether oxygens (including phenoxy) is 1. The van der Waals surface area contributed by atoms with E-state index in [1.54, 1.807) is 19.3 Å². The first-order chi connectivity index (χ1) is 8.72. The van der Waals surface area contributed by atoms with Crippen molar-refractivity contribution in [3.63, 3.8) is 0 Å². The molecule has 0 spiro atoms. The molecule has 0 bridgehead atoms. The maximum absolute atomic E-state index is 11.2. The van der Waals surface area contributed by atoms with Crippen LogP contribution in [0, 0.1) is 4.77 Å². The van der Waals surface area contributed by atoms with Crippen molar-refractivity contribution in [3.05, 3.63) is 23.2 Å². The van der Waals surface area contributed by atoms with Crippen molar-refractivity contribution in [2.24, 2.45) is 0 Å². The van der Waals surface area contributed by atoms with E-state index in [0.29, 0.717) is 30.8 Å². The van der Waals surface area contributed by atoms with Crippen LogP contribution in [0.2, 0.25) is 0 Å². The second-order valence-electron chi connectivity index (χ2n) is 3.88. The van der Waals surface area contributed by atoms with Gasteiger partial charge in [-0.1, -0.05) is 0 Å². The maximum Gasteiger partial charge on any atom is 0.305 e. The molecular weight excluding hydrogens is 250 g/mol. The SMILES string of the molecule is CCOC(=O)CCCn1c(=S)[nH]c2cnccc21. The Morgan fingerprint density at radius 1 is 1.61 bits per heavy atom. The molecule has 2 aromatic rings. The number of pyridine rings is 1. The molecule has 0 aliphatic heterocycles. The van der Waals surface area contributed by atoms with E-state index in [-0.39, 0.29) is 5.97 Å². The van der Waals surface area contributed by atoms with Gasteiger partial charge in [0.15, 0.2) is 4.77 Å². The number of rotatable bonds is 5. The number of aromatic nitrogens is 3. The minimum Gasteiger partial charge on any atom is -0.466 e. The van der Waals surface area contributed by atoms with Crippen LogP contribution in [-0.2, 0) is 16.1 Å². The van der Waals surface area contributed by atoms with E-state index in [1.165, 1.54) is 0 Å². The summed E-state index contributed by atoms with van der Waals surface area (Å²) < 4.78 is 7.52. The Balaban J connectivity index is 2.06. The average molecular weight is 265 g/mol. The first kappa shape index (κ1) is 12.8. The van der Waals surface area contributed by atoms with Crippen LogP contribution in [0.15, 0.2) is 18.5 Å². The summed E-state index contributed by atoms with van der Waals surface area (Å²) in [5.41, 5.74) is 1.93. The van der Waals surface area contributed by atoms with Gasteiger partial charge in [0.2, 0.25) is 0 Å². The Labute approximate surface area is 110 Å². The summed E-state index contributed by atoms with van der Waals surface area (Å²) in [5, 5.41) is 0. The number of aromatic amines is 1. The number of fused-ring (bicyclic) bond motifs is 1. The number of aryl methyl sites for hydroxylation is 1. The van der Waals surface area contributed by atoms with Crippen molar-refractivity contribution in [2.45, 2.75) is 26.3 Å². The van der Waals surface area contributed by atoms with Crippen molar-refractivity contribution in [1.82, 2.24) is 14.5 Å². The van der Waals surface area contributed by atoms with Gasteiger partial charge < -0.3 is 14.3 Å². The minimum atomic E-state index is -0.162. The molecule has 2 aromatic heterocycles. The predicted molar refractivity (Wildman–Crippen MR) is 70.8 cm³/mol. The van der Waals surface area contributed by atoms with E-state index in [2.05, 4.69) is 9.97 Å². The second-order valence-corrected chi connectivity index (χ2v) is 4.27. The summed E-state index contributed by atoms with van der Waals surface area (Å²) in [7, 11) is 0. The van der Waals surface area contributed by atoms with Gasteiger partial charge in [-0.15, -0.1) is 0 Å². The number of esters is 1. The lowest BCUT2D eigenvalue weighted by Crippen LogP contribution is -2.06. The summed E-state index contributed by atoms with van der Waals surface area (Å²) in [6, 6.07) is 1.91. The summed E-state index contributed by atoms with van der Waals surface area (Å²) >= 11 is 5.25. The van der Waals surface area contributed by atoms with Crippen LogP contribution in [0.3, 0.4) is 0 Å². The topological polar surface area (TPSA) is 59.9 Å². The monoisotopic (exact) mass is 265 g/mol. The molecule has 1 N–H and O–H groups in total. The smallest absolute Gasteiger partial charge is 0.305 e. The van der Waals surface area contributed by atoms with E-state index in [4.69, 9.17) is 17.0 Å². The van der Waals surface area contributed by atoms with Gasteiger partial charge in [-0.25, -0.2) is 0 Å². The third-order valence-electron chi connectivity index (χ3n) is 2.64. The molecule has 0 aromatic carbocycles. The molecule has 0 saturated carbocycles. The summed E-state index contributed by atoms with van der Waals surface area (Å²) in [6.07, 6.45) is 4.59. The molecule has 0 saturated heterocycles. The highest BCUT2D eigenvalue weighted by molar-refractivity contribution is 7.71. The van der Waals surface area contributed by atoms with Crippen LogP contribution < -0.4 is 0 Å². The van der Waals surface area contributed by atoms with E-state index < -0.39 is 0 Å². The highest BCUT2D eigenvalue weighted by Gasteiger charge is 2.06. The van der Waals surface area contributed by atoms with E-state index >= 15 is 0 Å². The number of imidazole rings is 1. The van der Waals surface area contributed by atoms with Gasteiger partial charge in [0.25, 0.3) is 0 Å². The maximum atomic E-state index is 11.2. The van der Waals surface area contributed by atoms with Crippen molar-refractivity contribution >= 4 is 29.2 Å². The van der Waals surface area contributed by atoms with Crippen molar-refractivity contribution in [1.29, 1.82) is 0 Å². The standard InChI is InChI=1S/C12H15N3O2S/c1-2-17-11(16)4-3-7-15-10-5-6-13-8-9(10)14-12(15)18/h5-6,8H,2-4,7H2,1H3,(H,14,18). The Kier molecular flexibility index (Phi) is 4.09. The zero-order valence-corrected chi connectivity index (χ0v) is 11.0. The van der Waals surface area contributed by atoms with Gasteiger partial charge in [0, 0.05) is 19.2 Å². The Morgan fingerprint density at radius 3 is 3.22 bits per heavy atom. The Morgan fingerprint density at radius 2 is 2.44 bits per heavy atom. The van der Waals surface area contributed by atoms with Crippen LogP contribution in [0.5, 0.6) is 0 Å². The molecule has 0 fully saturated rings. The van der Waals surface area contributed by atoms with Crippen LogP contribution in [0.25, 0.3) is 11.0 Å². The minimum absolute atomic E-state index is 0.162. The van der Waals surface area contributed by atoms with Gasteiger partial charge in [0.05, 0.1) is 23.8 Å². The fourth-order valence-corrected chi connectivity index (χ4v) is 2.15. The number of nitrogens with one attached hydrogen (secondary N) is 1. The van der Waals surface area contributed by atoms with E-state index in [9.17, 15) is 4.79 Å². The van der Waals surface area contributed by atoms with Crippen molar-refractivity contribution < 1.29 is 9.53 Å². The number of carbonyl (C=O) groups excluding carboxylic acids is 1. The normalized spacial score (nSPS) is 10.7. The molecule has 0 aliphatic rings. The molecular formula is C12H15N3O2S. The summed E-state index contributed by atoms with van der Waals surface area (Å²) in [4.78, 5) is 18.4. The fraction of sp³-hybridized carbons (Fsp3) is 0.417. The first-order valence-electron chi connectivity index (χ1n) is 5.90. The number of nitrogens with zero attached hydrogens (tertiary/aromatic N) is 2. The molecule has 0 unspecified atom stereocenters. The number of hydrogen-bond donors (Lipinski definition) is 1. The van der Waals surface area contributed by atoms with Crippen LogP contribution >= 0.6 is 12.2 Å². The molecule has 0 amide bonds. The van der Waals surface area contributed by atoms with Gasteiger partial charge in [-0.3, -0.25) is 9.78 Å². The molecule has 0 aliphatic carbocycles. The van der Waals surface area contributed by atoms with Gasteiger partial charge in [0.1, 0.15) is 0 Å². The van der Waals surface area contributed by atoms with E-state index in [1.807, 2.05) is 10.6 Å². The summed E-state index contributed by atoms with van der Waals surface area (Å²) in [5.74, 6) is -0.162. The largest absolute Gasteiger partial charge is 0.466 e. The summed E-state index contributed by atoms with van der Waals surface area (Å²) in [6.45, 7) is 2.93. The first-order valence-corrected chi connectivity index (χ1v) is 6.31. The molecule has 96 valence electrons. The third-order valence-corrected chi connectivity index (χ3v) is 2.97. The van der Waals surface area contributed by atoms with Gasteiger partial charge >= 0.3 is 5.97 Å². The Hall–Kier alpha value is -1.69. The quantitative estimate of drug-likeness (QED) is 0.666. The molecule has 2 heterocycles. The lowest BCUT2D eigenvalue weighted by Gasteiger charge is -2.04. The van der Waals surface area contributed by atoms with Crippen molar-refractivity contribution in [3.8, 4) is 0 Å². The van der Waals surface area contributed by atoms with Crippen LogP contribution in [0.4, 0.5) is 0 Å². The number of H-pyrrole nitrogens is 1. The van der Waals surface area contributed by atoms with Crippen LogP contribution in [-0.4, -0.2) is 27.1 Å². The molecule has 2 rings (SSSR count). The molecule has 5 nitrogen and oxygen atoms in total. The fourth-order valence-electron chi connectivity index (χ4n) is 1.85. The zero-order valence-electron chi connectivity index (χ0n) is 10.2. The van der Waals surface area contributed by atoms with Gasteiger partial charge in [-0.2, -0.15) is 0 Å².